The summed E-state index contributed by atoms with van der Waals surface area (Å²) < 4.78 is 4.80. The second-order valence-corrected chi connectivity index (χ2v) is 6.62. The molecule has 6 nitrogen and oxygen atoms in total. The van der Waals surface area contributed by atoms with Crippen LogP contribution in [0.2, 0.25) is 0 Å². The third kappa shape index (κ3) is 3.65. The molecule has 6 heteroatoms. The molecule has 0 unspecified atom stereocenters. The number of methoxy groups -OCH3 is 1. The molecule has 0 aliphatic carbocycles. The Labute approximate surface area is 160 Å². The Balaban J connectivity index is 2.55. The van der Waals surface area contributed by atoms with Crippen LogP contribution in [-0.2, 0) is 32.1 Å². The summed E-state index contributed by atoms with van der Waals surface area (Å²) in [7, 11) is 1.28. The van der Waals surface area contributed by atoms with Gasteiger partial charge in [0.05, 0.1) is 7.11 Å². The highest BCUT2D eigenvalue weighted by molar-refractivity contribution is 5.96. The van der Waals surface area contributed by atoms with Crippen LogP contribution in [-0.4, -0.2) is 52.8 Å². The van der Waals surface area contributed by atoms with Crippen LogP contribution in [0.3, 0.4) is 0 Å². The molecule has 0 aromatic heterocycles. The molecule has 1 aromatic carbocycles. The van der Waals surface area contributed by atoms with Crippen molar-refractivity contribution in [1.29, 1.82) is 0 Å². The van der Waals surface area contributed by atoms with Crippen LogP contribution in [0.15, 0.2) is 49.6 Å². The minimum atomic E-state index is -1.27. The number of carbonyl (C=O) groups is 3. The molecular weight excluding hydrogens is 344 g/mol. The van der Waals surface area contributed by atoms with Crippen molar-refractivity contribution in [1.82, 2.24) is 9.80 Å². The number of esters is 1. The summed E-state index contributed by atoms with van der Waals surface area (Å²) in [6.07, 6.45) is 3.35. The van der Waals surface area contributed by atoms with Gasteiger partial charge in [-0.25, -0.2) is 4.79 Å². The minimum absolute atomic E-state index is 0.151. The van der Waals surface area contributed by atoms with Crippen LogP contribution in [0, 0.1) is 0 Å². The second kappa shape index (κ2) is 8.20. The first-order valence-electron chi connectivity index (χ1n) is 8.80. The fourth-order valence-corrected chi connectivity index (χ4v) is 3.54. The van der Waals surface area contributed by atoms with Gasteiger partial charge < -0.3 is 14.5 Å². The Morgan fingerprint density at radius 1 is 1.30 bits per heavy atom. The minimum Gasteiger partial charge on any atom is -0.467 e. The van der Waals surface area contributed by atoms with Gasteiger partial charge in [0, 0.05) is 26.4 Å². The highest BCUT2D eigenvalue weighted by Gasteiger charge is 2.49. The van der Waals surface area contributed by atoms with E-state index in [9.17, 15) is 14.4 Å². The number of amides is 2. The first-order chi connectivity index (χ1) is 12.8. The predicted molar refractivity (Wildman–Crippen MR) is 103 cm³/mol. The lowest BCUT2D eigenvalue weighted by atomic mass is 9.81. The van der Waals surface area contributed by atoms with E-state index in [1.807, 2.05) is 24.3 Å². The van der Waals surface area contributed by atoms with Gasteiger partial charge in [0.1, 0.15) is 11.6 Å². The van der Waals surface area contributed by atoms with Crippen LogP contribution in [0.25, 0.3) is 0 Å². The Kier molecular flexibility index (Phi) is 6.20. The standard InChI is InChI=1S/C21H26N2O4/c1-6-12-22(15(3)19(25)27-5)20(26)21(7-2)13-17-10-8-9-11-18(17)14-23(21)16(4)24/h6-11,15H,1-2,12-14H2,3-5H3/t15-,21+/m0/s1. The second-order valence-electron chi connectivity index (χ2n) is 6.62. The van der Waals surface area contributed by atoms with E-state index in [1.54, 1.807) is 13.0 Å². The lowest BCUT2D eigenvalue weighted by Gasteiger charge is -2.47. The molecule has 0 saturated carbocycles. The van der Waals surface area contributed by atoms with Gasteiger partial charge in [-0.05, 0) is 18.1 Å². The monoisotopic (exact) mass is 370 g/mol. The lowest BCUT2D eigenvalue weighted by Crippen LogP contribution is -2.64. The molecule has 1 aliphatic heterocycles. The van der Waals surface area contributed by atoms with Crippen LogP contribution in [0.5, 0.6) is 0 Å². The summed E-state index contributed by atoms with van der Waals surface area (Å²) in [6, 6.07) is 6.88. The molecular formula is C21H26N2O4. The number of nitrogens with zero attached hydrogens (tertiary/aromatic N) is 2. The average Bonchev–Trinajstić information content (AvgIpc) is 2.68. The molecule has 2 amide bonds. The number of benzene rings is 1. The number of ether oxygens (including phenoxy) is 1. The van der Waals surface area contributed by atoms with Gasteiger partial charge in [0.25, 0.3) is 5.91 Å². The molecule has 0 spiro atoms. The summed E-state index contributed by atoms with van der Waals surface area (Å²) in [5.41, 5.74) is 0.702. The summed E-state index contributed by atoms with van der Waals surface area (Å²) in [5, 5.41) is 0. The molecule has 144 valence electrons. The van der Waals surface area contributed by atoms with E-state index in [-0.39, 0.29) is 18.4 Å². The molecule has 0 fully saturated rings. The first-order valence-corrected chi connectivity index (χ1v) is 8.80. The highest BCUT2D eigenvalue weighted by atomic mass is 16.5. The SMILES string of the molecule is C=CCN(C(=O)[C@@]1(C=C)Cc2ccccc2CN1C(C)=O)[C@@H](C)C(=O)OC. The molecule has 2 atom stereocenters. The van der Waals surface area contributed by atoms with Crippen LogP contribution < -0.4 is 0 Å². The molecule has 1 aromatic rings. The molecule has 0 saturated heterocycles. The van der Waals surface area contributed by atoms with E-state index in [0.29, 0.717) is 13.0 Å². The fraction of sp³-hybridized carbons (Fsp3) is 0.381. The molecule has 0 N–H and O–H groups in total. The number of hydrogen-bond acceptors (Lipinski definition) is 4. The maximum Gasteiger partial charge on any atom is 0.328 e. The smallest absolute Gasteiger partial charge is 0.328 e. The van der Waals surface area contributed by atoms with E-state index in [1.165, 1.54) is 29.9 Å². The third-order valence-corrected chi connectivity index (χ3v) is 5.07. The average molecular weight is 370 g/mol. The highest BCUT2D eigenvalue weighted by Crippen LogP contribution is 2.34. The zero-order valence-electron chi connectivity index (χ0n) is 16.1. The van der Waals surface area contributed by atoms with Crippen LogP contribution in [0.1, 0.15) is 25.0 Å². The third-order valence-electron chi connectivity index (χ3n) is 5.07. The van der Waals surface area contributed by atoms with Crippen molar-refractivity contribution in [3.63, 3.8) is 0 Å². The molecule has 0 radical (unpaired) electrons. The van der Waals surface area contributed by atoms with Crippen molar-refractivity contribution in [2.24, 2.45) is 0 Å². The van der Waals surface area contributed by atoms with Gasteiger partial charge in [-0.3, -0.25) is 9.59 Å². The Hall–Kier alpha value is -2.89. The quantitative estimate of drug-likeness (QED) is 0.568. The van der Waals surface area contributed by atoms with Gasteiger partial charge >= 0.3 is 5.97 Å². The van der Waals surface area contributed by atoms with Crippen molar-refractivity contribution in [2.75, 3.05) is 13.7 Å². The van der Waals surface area contributed by atoms with E-state index < -0.39 is 17.6 Å². The van der Waals surface area contributed by atoms with E-state index >= 15 is 0 Å². The molecule has 1 heterocycles. The number of hydrogen-bond donors (Lipinski definition) is 0. The molecule has 27 heavy (non-hydrogen) atoms. The molecule has 2 rings (SSSR count). The van der Waals surface area contributed by atoms with Gasteiger partial charge in [-0.2, -0.15) is 0 Å². The van der Waals surface area contributed by atoms with E-state index in [2.05, 4.69) is 13.2 Å². The van der Waals surface area contributed by atoms with Gasteiger partial charge in [0.15, 0.2) is 0 Å². The van der Waals surface area contributed by atoms with Crippen molar-refractivity contribution >= 4 is 17.8 Å². The summed E-state index contributed by atoms with van der Waals surface area (Å²) >= 11 is 0. The Morgan fingerprint density at radius 3 is 2.44 bits per heavy atom. The fourth-order valence-electron chi connectivity index (χ4n) is 3.54. The van der Waals surface area contributed by atoms with Crippen molar-refractivity contribution < 1.29 is 19.1 Å². The van der Waals surface area contributed by atoms with Gasteiger partial charge in [-0.15, -0.1) is 13.2 Å². The Morgan fingerprint density at radius 2 is 1.93 bits per heavy atom. The number of fused-ring (bicyclic) bond motifs is 1. The zero-order chi connectivity index (χ0) is 20.2. The lowest BCUT2D eigenvalue weighted by molar-refractivity contribution is -0.159. The van der Waals surface area contributed by atoms with Crippen molar-refractivity contribution in [3.8, 4) is 0 Å². The van der Waals surface area contributed by atoms with Crippen LogP contribution >= 0.6 is 0 Å². The topological polar surface area (TPSA) is 66.9 Å². The number of rotatable bonds is 6. The van der Waals surface area contributed by atoms with Gasteiger partial charge in [0.2, 0.25) is 5.91 Å². The Bertz CT molecular complexity index is 773. The predicted octanol–water partition coefficient (Wildman–Crippen LogP) is 2.09. The van der Waals surface area contributed by atoms with Crippen LogP contribution in [0.4, 0.5) is 0 Å². The molecule has 0 bridgehead atoms. The number of carbonyl (C=O) groups excluding carboxylic acids is 3. The maximum absolute atomic E-state index is 13.6. The van der Waals surface area contributed by atoms with Crippen molar-refractivity contribution in [3.05, 3.63) is 60.7 Å². The van der Waals surface area contributed by atoms with E-state index in [4.69, 9.17) is 4.74 Å². The summed E-state index contributed by atoms with van der Waals surface area (Å²) in [6.45, 7) is 11.0. The zero-order valence-corrected chi connectivity index (χ0v) is 16.1. The van der Waals surface area contributed by atoms with Crippen molar-refractivity contribution in [2.45, 2.75) is 38.4 Å². The van der Waals surface area contributed by atoms with E-state index in [0.717, 1.165) is 11.1 Å². The largest absolute Gasteiger partial charge is 0.467 e. The summed E-state index contributed by atoms with van der Waals surface area (Å²) in [4.78, 5) is 41.0. The maximum atomic E-state index is 13.6. The first kappa shape index (κ1) is 20.4. The summed E-state index contributed by atoms with van der Waals surface area (Å²) in [5.74, 6) is -1.14. The van der Waals surface area contributed by atoms with Gasteiger partial charge in [-0.1, -0.05) is 36.4 Å². The normalized spacial score (nSPS) is 19.4. The molecule has 1 aliphatic rings.